The fourth-order valence-electron chi connectivity index (χ4n) is 3.16. The summed E-state index contributed by atoms with van der Waals surface area (Å²) in [7, 11) is 0. The quantitative estimate of drug-likeness (QED) is 0.687. The molecule has 1 unspecified atom stereocenters. The van der Waals surface area contributed by atoms with Crippen molar-refractivity contribution in [3.05, 3.63) is 65.7 Å². The molecule has 0 radical (unpaired) electrons. The summed E-state index contributed by atoms with van der Waals surface area (Å²) in [5.74, 6) is 0.941. The van der Waals surface area contributed by atoms with Crippen molar-refractivity contribution >= 4 is 6.03 Å². The van der Waals surface area contributed by atoms with Crippen molar-refractivity contribution in [2.75, 3.05) is 13.1 Å². The predicted molar refractivity (Wildman–Crippen MR) is 104 cm³/mol. The molecule has 1 atom stereocenters. The SMILES string of the molecule is CC(c1ccccc1)N(CC1CC1)C(=O)NCCCc1ccc(O)cc1. The number of benzene rings is 2. The molecule has 0 aliphatic heterocycles. The molecule has 0 saturated heterocycles. The van der Waals surface area contributed by atoms with Gasteiger partial charge in [-0.2, -0.15) is 0 Å². The van der Waals surface area contributed by atoms with Crippen LogP contribution in [0.1, 0.15) is 43.4 Å². The number of nitrogens with one attached hydrogen (secondary N) is 1. The van der Waals surface area contributed by atoms with E-state index in [0.717, 1.165) is 19.4 Å². The number of hydrogen-bond donors (Lipinski definition) is 2. The lowest BCUT2D eigenvalue weighted by molar-refractivity contribution is 0.176. The van der Waals surface area contributed by atoms with Crippen LogP contribution in [0.3, 0.4) is 0 Å². The Morgan fingerprint density at radius 2 is 1.85 bits per heavy atom. The van der Waals surface area contributed by atoms with Crippen LogP contribution >= 0.6 is 0 Å². The Labute approximate surface area is 155 Å². The van der Waals surface area contributed by atoms with Gasteiger partial charge in [0.15, 0.2) is 0 Å². The van der Waals surface area contributed by atoms with E-state index in [1.54, 1.807) is 12.1 Å². The monoisotopic (exact) mass is 352 g/mol. The molecule has 3 rings (SSSR count). The van der Waals surface area contributed by atoms with E-state index >= 15 is 0 Å². The summed E-state index contributed by atoms with van der Waals surface area (Å²) in [6.45, 7) is 3.59. The number of aromatic hydroxyl groups is 1. The Morgan fingerprint density at radius 1 is 1.15 bits per heavy atom. The number of nitrogens with zero attached hydrogens (tertiary/aromatic N) is 1. The third-order valence-electron chi connectivity index (χ3n) is 5.02. The molecule has 1 saturated carbocycles. The van der Waals surface area contributed by atoms with Gasteiger partial charge in [-0.3, -0.25) is 0 Å². The van der Waals surface area contributed by atoms with Crippen LogP contribution in [0.4, 0.5) is 4.79 Å². The fraction of sp³-hybridized carbons (Fsp3) is 0.409. The van der Waals surface area contributed by atoms with Crippen LogP contribution in [0.25, 0.3) is 0 Å². The number of rotatable bonds is 8. The van der Waals surface area contributed by atoms with Gasteiger partial charge < -0.3 is 15.3 Å². The van der Waals surface area contributed by atoms with E-state index in [-0.39, 0.29) is 17.8 Å². The number of urea groups is 1. The zero-order valence-electron chi connectivity index (χ0n) is 15.4. The summed E-state index contributed by atoms with van der Waals surface area (Å²) in [5.41, 5.74) is 2.34. The lowest BCUT2D eigenvalue weighted by Crippen LogP contribution is -2.43. The van der Waals surface area contributed by atoms with Crippen molar-refractivity contribution in [1.29, 1.82) is 0 Å². The highest BCUT2D eigenvalue weighted by molar-refractivity contribution is 5.74. The number of aryl methyl sites for hydroxylation is 1. The van der Waals surface area contributed by atoms with Crippen molar-refractivity contribution in [1.82, 2.24) is 10.2 Å². The second-order valence-corrected chi connectivity index (χ2v) is 7.18. The second-order valence-electron chi connectivity index (χ2n) is 7.18. The minimum atomic E-state index is 0.0268. The van der Waals surface area contributed by atoms with Crippen molar-refractivity contribution in [2.24, 2.45) is 5.92 Å². The number of phenols is 1. The molecule has 0 aromatic heterocycles. The Balaban J connectivity index is 1.51. The maximum atomic E-state index is 12.8. The molecule has 0 bridgehead atoms. The van der Waals surface area contributed by atoms with Crippen molar-refractivity contribution < 1.29 is 9.90 Å². The molecule has 0 spiro atoms. The van der Waals surface area contributed by atoms with E-state index in [4.69, 9.17) is 0 Å². The van der Waals surface area contributed by atoms with E-state index in [9.17, 15) is 9.90 Å². The Kier molecular flexibility index (Phi) is 6.16. The molecular formula is C22H28N2O2. The molecule has 1 aliphatic carbocycles. The summed E-state index contributed by atoms with van der Waals surface area (Å²) in [5, 5.41) is 12.4. The van der Waals surface area contributed by atoms with Crippen LogP contribution in [0.5, 0.6) is 5.75 Å². The molecule has 2 amide bonds. The molecule has 138 valence electrons. The lowest BCUT2D eigenvalue weighted by atomic mass is 10.1. The topological polar surface area (TPSA) is 52.6 Å². The number of carbonyl (C=O) groups is 1. The van der Waals surface area contributed by atoms with Crippen LogP contribution in [0.2, 0.25) is 0 Å². The minimum absolute atomic E-state index is 0.0268. The zero-order chi connectivity index (χ0) is 18.4. The van der Waals surface area contributed by atoms with Crippen molar-refractivity contribution in [3.63, 3.8) is 0 Å². The highest BCUT2D eigenvalue weighted by Gasteiger charge is 2.29. The smallest absolute Gasteiger partial charge is 0.317 e. The largest absolute Gasteiger partial charge is 0.508 e. The molecule has 4 heteroatoms. The first-order valence-electron chi connectivity index (χ1n) is 9.51. The summed E-state index contributed by atoms with van der Waals surface area (Å²) >= 11 is 0. The number of phenolic OH excluding ortho intramolecular Hbond substituents is 1. The van der Waals surface area contributed by atoms with E-state index < -0.39 is 0 Å². The Bertz CT molecular complexity index is 696. The molecule has 2 aromatic rings. The highest BCUT2D eigenvalue weighted by atomic mass is 16.3. The average molecular weight is 352 g/mol. The first kappa shape index (κ1) is 18.3. The molecule has 26 heavy (non-hydrogen) atoms. The van der Waals surface area contributed by atoms with E-state index in [1.807, 2.05) is 35.2 Å². The van der Waals surface area contributed by atoms with Gasteiger partial charge in [0.25, 0.3) is 0 Å². The highest BCUT2D eigenvalue weighted by Crippen LogP contribution is 2.32. The summed E-state index contributed by atoms with van der Waals surface area (Å²) < 4.78 is 0. The van der Waals surface area contributed by atoms with E-state index in [0.29, 0.717) is 12.5 Å². The van der Waals surface area contributed by atoms with Gasteiger partial charge in [0.2, 0.25) is 0 Å². The van der Waals surface area contributed by atoms with Crippen molar-refractivity contribution in [3.8, 4) is 5.75 Å². The number of carbonyl (C=O) groups excluding carboxylic acids is 1. The van der Waals surface area contributed by atoms with Crippen LogP contribution in [-0.4, -0.2) is 29.1 Å². The fourth-order valence-corrected chi connectivity index (χ4v) is 3.16. The van der Waals surface area contributed by atoms with E-state index in [2.05, 4.69) is 24.4 Å². The minimum Gasteiger partial charge on any atom is -0.508 e. The average Bonchev–Trinajstić information content (AvgIpc) is 3.49. The first-order chi connectivity index (χ1) is 12.6. The summed E-state index contributed by atoms with van der Waals surface area (Å²) in [6.07, 6.45) is 4.23. The maximum Gasteiger partial charge on any atom is 0.317 e. The Morgan fingerprint density at radius 3 is 2.50 bits per heavy atom. The van der Waals surface area contributed by atoms with Crippen LogP contribution in [0.15, 0.2) is 54.6 Å². The van der Waals surface area contributed by atoms with Gasteiger partial charge in [-0.1, -0.05) is 42.5 Å². The lowest BCUT2D eigenvalue weighted by Gasteiger charge is -2.30. The molecule has 1 fully saturated rings. The molecule has 0 heterocycles. The van der Waals surface area contributed by atoms with Crippen LogP contribution < -0.4 is 5.32 Å². The zero-order valence-corrected chi connectivity index (χ0v) is 15.4. The molecular weight excluding hydrogens is 324 g/mol. The maximum absolute atomic E-state index is 12.8. The standard InChI is InChI=1S/C22H28N2O2/c1-17(20-7-3-2-4-8-20)24(16-19-9-10-19)22(26)23-15-5-6-18-11-13-21(25)14-12-18/h2-4,7-8,11-14,17,19,25H,5-6,9-10,15-16H2,1H3,(H,23,26). The molecule has 4 nitrogen and oxygen atoms in total. The second kappa shape index (κ2) is 8.75. The Hall–Kier alpha value is -2.49. The predicted octanol–water partition coefficient (Wildman–Crippen LogP) is 4.51. The van der Waals surface area contributed by atoms with Crippen LogP contribution in [0, 0.1) is 5.92 Å². The van der Waals surface area contributed by atoms with Gasteiger partial charge in [-0.15, -0.1) is 0 Å². The van der Waals surface area contributed by atoms with Crippen molar-refractivity contribution in [2.45, 2.75) is 38.6 Å². The van der Waals surface area contributed by atoms with Gasteiger partial charge >= 0.3 is 6.03 Å². The molecule has 2 N–H and O–H groups in total. The summed E-state index contributed by atoms with van der Waals surface area (Å²) in [6, 6.07) is 17.6. The number of amides is 2. The van der Waals surface area contributed by atoms with Gasteiger partial charge in [0, 0.05) is 13.1 Å². The van der Waals surface area contributed by atoms with Gasteiger partial charge in [0.1, 0.15) is 5.75 Å². The van der Waals surface area contributed by atoms with E-state index in [1.165, 1.54) is 24.0 Å². The summed E-state index contributed by atoms with van der Waals surface area (Å²) in [4.78, 5) is 14.7. The van der Waals surface area contributed by atoms with Gasteiger partial charge in [0.05, 0.1) is 6.04 Å². The molecule has 2 aromatic carbocycles. The normalized spacial score (nSPS) is 14.7. The number of hydrogen-bond acceptors (Lipinski definition) is 2. The third kappa shape index (κ3) is 5.25. The third-order valence-corrected chi connectivity index (χ3v) is 5.02. The van der Waals surface area contributed by atoms with Crippen LogP contribution in [-0.2, 0) is 6.42 Å². The van der Waals surface area contributed by atoms with Gasteiger partial charge in [-0.25, -0.2) is 4.79 Å². The first-order valence-corrected chi connectivity index (χ1v) is 9.51. The van der Waals surface area contributed by atoms with Gasteiger partial charge in [-0.05, 0) is 61.8 Å². The molecule has 1 aliphatic rings.